The molecule has 1 aromatic carbocycles. The van der Waals surface area contributed by atoms with Gasteiger partial charge in [0.25, 0.3) is 0 Å². The third kappa shape index (κ3) is 6.95. The Kier molecular flexibility index (Phi) is 8.45. The summed E-state index contributed by atoms with van der Waals surface area (Å²) in [6.45, 7) is 0.463. The van der Waals surface area contributed by atoms with Gasteiger partial charge in [-0.2, -0.15) is 0 Å². The van der Waals surface area contributed by atoms with Crippen molar-refractivity contribution in [3.8, 4) is 0 Å². The molecule has 1 saturated carbocycles. The van der Waals surface area contributed by atoms with Crippen LogP contribution in [0.25, 0.3) is 0 Å². The van der Waals surface area contributed by atoms with E-state index in [1.165, 1.54) is 50.3 Å². The van der Waals surface area contributed by atoms with Crippen LogP contribution in [0.5, 0.6) is 0 Å². The number of nitrogens with one attached hydrogen (secondary N) is 3. The fourth-order valence-electron chi connectivity index (χ4n) is 4.28. The van der Waals surface area contributed by atoms with Crippen molar-refractivity contribution in [2.75, 3.05) is 18.5 Å². The maximum absolute atomic E-state index is 13.2. The topological polar surface area (TPSA) is 99.7 Å². The minimum absolute atomic E-state index is 0.0301. The highest BCUT2D eigenvalue weighted by atomic mass is 19.1. The van der Waals surface area contributed by atoms with Gasteiger partial charge in [-0.3, -0.25) is 4.79 Å². The number of aliphatic hydroxyl groups excluding tert-OH is 1. The van der Waals surface area contributed by atoms with Gasteiger partial charge in [0, 0.05) is 12.2 Å². The molecule has 0 spiro atoms. The zero-order valence-corrected chi connectivity index (χ0v) is 17.2. The molecule has 1 saturated heterocycles. The standard InChI is InChI=1S/C22H32FN3O4/c23-16-7-4-8-17(11-16)25-22(29)26-19-10-9-18(30-20(19)14-27)12-21(28)24-13-15-5-2-1-3-6-15/h4,7-8,11,15,18-20,27H,1-3,5-6,9-10,12-14H2,(H,24,28)(H2,25,26,29)/t18-,19+,20-/m0/s1. The first-order valence-electron chi connectivity index (χ1n) is 10.9. The molecule has 2 aliphatic rings. The molecule has 7 nitrogen and oxygen atoms in total. The SMILES string of the molecule is O=C(C[C@@H]1CC[C@@H](NC(=O)Nc2cccc(F)c2)[C@H](CO)O1)NCC1CCCCC1. The summed E-state index contributed by atoms with van der Waals surface area (Å²) < 4.78 is 19.1. The maximum Gasteiger partial charge on any atom is 0.319 e. The van der Waals surface area contributed by atoms with E-state index in [1.54, 1.807) is 6.07 Å². The van der Waals surface area contributed by atoms with Crippen molar-refractivity contribution >= 4 is 17.6 Å². The van der Waals surface area contributed by atoms with Gasteiger partial charge in [-0.15, -0.1) is 0 Å². The monoisotopic (exact) mass is 421 g/mol. The molecule has 3 amide bonds. The summed E-state index contributed by atoms with van der Waals surface area (Å²) >= 11 is 0. The normalized spacial score (nSPS) is 24.8. The number of urea groups is 1. The highest BCUT2D eigenvalue weighted by molar-refractivity contribution is 5.89. The van der Waals surface area contributed by atoms with Crippen molar-refractivity contribution in [2.24, 2.45) is 5.92 Å². The first-order chi connectivity index (χ1) is 14.5. The lowest BCUT2D eigenvalue weighted by atomic mass is 9.89. The summed E-state index contributed by atoms with van der Waals surface area (Å²) in [5.74, 6) is 0.106. The van der Waals surface area contributed by atoms with Gasteiger partial charge in [-0.25, -0.2) is 9.18 Å². The Morgan fingerprint density at radius 3 is 2.67 bits per heavy atom. The summed E-state index contributed by atoms with van der Waals surface area (Å²) in [6.07, 6.45) is 6.71. The summed E-state index contributed by atoms with van der Waals surface area (Å²) in [5, 5.41) is 18.0. The van der Waals surface area contributed by atoms with Gasteiger partial charge in [-0.1, -0.05) is 25.3 Å². The van der Waals surface area contributed by atoms with E-state index in [9.17, 15) is 19.1 Å². The van der Waals surface area contributed by atoms with E-state index in [2.05, 4.69) is 16.0 Å². The lowest BCUT2D eigenvalue weighted by molar-refractivity contribution is -0.131. The predicted molar refractivity (Wildman–Crippen MR) is 112 cm³/mol. The number of benzene rings is 1. The molecule has 0 radical (unpaired) electrons. The van der Waals surface area contributed by atoms with Crippen LogP contribution in [-0.2, 0) is 9.53 Å². The molecule has 166 valence electrons. The number of carbonyl (C=O) groups is 2. The van der Waals surface area contributed by atoms with Gasteiger partial charge in [0.1, 0.15) is 11.9 Å². The highest BCUT2D eigenvalue weighted by Crippen LogP contribution is 2.24. The van der Waals surface area contributed by atoms with E-state index in [-0.39, 0.29) is 31.1 Å². The molecule has 0 aromatic heterocycles. The Labute approximate surface area is 176 Å². The summed E-state index contributed by atoms with van der Waals surface area (Å²) in [4.78, 5) is 24.5. The molecule has 1 aliphatic carbocycles. The molecule has 30 heavy (non-hydrogen) atoms. The fourth-order valence-corrected chi connectivity index (χ4v) is 4.28. The van der Waals surface area contributed by atoms with E-state index in [0.717, 1.165) is 6.54 Å². The number of halogens is 1. The number of carbonyl (C=O) groups excluding carboxylic acids is 2. The molecule has 0 unspecified atom stereocenters. The van der Waals surface area contributed by atoms with Crippen LogP contribution in [0.1, 0.15) is 51.4 Å². The summed E-state index contributed by atoms with van der Waals surface area (Å²) in [6, 6.07) is 4.75. The van der Waals surface area contributed by atoms with Crippen LogP contribution in [0, 0.1) is 11.7 Å². The molecule has 1 aromatic rings. The summed E-state index contributed by atoms with van der Waals surface area (Å²) in [7, 11) is 0. The van der Waals surface area contributed by atoms with Gasteiger partial charge in [0.2, 0.25) is 5.91 Å². The van der Waals surface area contributed by atoms with Crippen molar-refractivity contribution in [3.05, 3.63) is 30.1 Å². The number of aliphatic hydroxyl groups is 1. The van der Waals surface area contributed by atoms with Crippen molar-refractivity contribution in [3.63, 3.8) is 0 Å². The third-order valence-corrected chi connectivity index (χ3v) is 5.92. The van der Waals surface area contributed by atoms with Crippen LogP contribution in [0.15, 0.2) is 24.3 Å². The third-order valence-electron chi connectivity index (χ3n) is 5.92. The smallest absolute Gasteiger partial charge is 0.319 e. The molecule has 2 fully saturated rings. The van der Waals surface area contributed by atoms with E-state index < -0.39 is 18.0 Å². The molecular weight excluding hydrogens is 389 g/mol. The maximum atomic E-state index is 13.2. The number of hydrogen-bond donors (Lipinski definition) is 4. The molecular formula is C22H32FN3O4. The Hall–Kier alpha value is -2.19. The minimum atomic E-state index is -0.590. The second-order valence-corrected chi connectivity index (χ2v) is 8.28. The second kappa shape index (κ2) is 11.3. The predicted octanol–water partition coefficient (Wildman–Crippen LogP) is 2.94. The average molecular weight is 422 g/mol. The minimum Gasteiger partial charge on any atom is -0.394 e. The second-order valence-electron chi connectivity index (χ2n) is 8.28. The van der Waals surface area contributed by atoms with E-state index in [4.69, 9.17) is 4.74 Å². The zero-order chi connectivity index (χ0) is 21.3. The number of hydrogen-bond acceptors (Lipinski definition) is 4. The Balaban J connectivity index is 1.41. The lowest BCUT2D eigenvalue weighted by Crippen LogP contribution is -2.52. The van der Waals surface area contributed by atoms with Crippen molar-refractivity contribution in [1.82, 2.24) is 10.6 Å². The van der Waals surface area contributed by atoms with E-state index in [1.807, 2.05) is 0 Å². The number of ether oxygens (including phenoxy) is 1. The molecule has 8 heteroatoms. The number of rotatable bonds is 7. The van der Waals surface area contributed by atoms with Crippen LogP contribution in [0.3, 0.4) is 0 Å². The first kappa shape index (κ1) is 22.5. The van der Waals surface area contributed by atoms with Crippen LogP contribution >= 0.6 is 0 Å². The molecule has 4 N–H and O–H groups in total. The van der Waals surface area contributed by atoms with Crippen molar-refractivity contribution in [1.29, 1.82) is 0 Å². The van der Waals surface area contributed by atoms with Gasteiger partial charge in [0.15, 0.2) is 0 Å². The number of anilines is 1. The highest BCUT2D eigenvalue weighted by Gasteiger charge is 2.33. The Morgan fingerprint density at radius 1 is 1.13 bits per heavy atom. The molecule has 3 atom stereocenters. The van der Waals surface area contributed by atoms with Gasteiger partial charge >= 0.3 is 6.03 Å². The largest absolute Gasteiger partial charge is 0.394 e. The lowest BCUT2D eigenvalue weighted by Gasteiger charge is -2.36. The van der Waals surface area contributed by atoms with Crippen molar-refractivity contribution in [2.45, 2.75) is 69.6 Å². The van der Waals surface area contributed by atoms with Crippen LogP contribution < -0.4 is 16.0 Å². The molecule has 1 aliphatic heterocycles. The quantitative estimate of drug-likeness (QED) is 0.544. The van der Waals surface area contributed by atoms with Gasteiger partial charge < -0.3 is 25.8 Å². The Bertz CT molecular complexity index is 711. The van der Waals surface area contributed by atoms with Crippen LogP contribution in [0.2, 0.25) is 0 Å². The Morgan fingerprint density at radius 2 is 1.93 bits per heavy atom. The van der Waals surface area contributed by atoms with Gasteiger partial charge in [0.05, 0.1) is 25.2 Å². The number of amides is 3. The molecule has 0 bridgehead atoms. The van der Waals surface area contributed by atoms with Gasteiger partial charge in [-0.05, 0) is 49.8 Å². The summed E-state index contributed by atoms with van der Waals surface area (Å²) in [5.41, 5.74) is 0.345. The molecule has 1 heterocycles. The fraction of sp³-hybridized carbons (Fsp3) is 0.636. The van der Waals surface area contributed by atoms with E-state index in [0.29, 0.717) is 24.4 Å². The average Bonchev–Trinajstić information content (AvgIpc) is 2.74. The molecule has 3 rings (SSSR count). The van der Waals surface area contributed by atoms with E-state index >= 15 is 0 Å². The zero-order valence-electron chi connectivity index (χ0n) is 17.2. The van der Waals surface area contributed by atoms with Crippen molar-refractivity contribution < 1.29 is 23.8 Å². The van der Waals surface area contributed by atoms with Crippen LogP contribution in [0.4, 0.5) is 14.9 Å². The van der Waals surface area contributed by atoms with Crippen LogP contribution in [-0.4, -0.2) is 48.4 Å². The first-order valence-corrected chi connectivity index (χ1v) is 10.9.